The Morgan fingerprint density at radius 3 is 2.84 bits per heavy atom. The van der Waals surface area contributed by atoms with E-state index >= 15 is 0 Å². The second-order valence-electron chi connectivity index (χ2n) is 6.27. The lowest BCUT2D eigenvalue weighted by Crippen LogP contribution is -2.20. The molecule has 1 N–H and O–H groups in total. The van der Waals surface area contributed by atoms with Gasteiger partial charge >= 0.3 is 0 Å². The third-order valence-electron chi connectivity index (χ3n) is 4.28. The monoisotopic (exact) mass is 365 g/mol. The van der Waals surface area contributed by atoms with Gasteiger partial charge in [-0.3, -0.25) is 9.40 Å². The molecule has 0 amide bonds. The maximum absolute atomic E-state index is 12.7. The number of anilines is 1. The molecule has 7 nitrogen and oxygen atoms in total. The average Bonchev–Trinajstić information content (AvgIpc) is 3.02. The van der Waals surface area contributed by atoms with Gasteiger partial charge in [0.15, 0.2) is 0 Å². The number of hydrogen-bond donors (Lipinski definition) is 1. The number of aromatic nitrogens is 2. The highest BCUT2D eigenvalue weighted by molar-refractivity contribution is 7.92. The van der Waals surface area contributed by atoms with Gasteiger partial charge in [-0.05, 0) is 43.4 Å². The first-order chi connectivity index (χ1) is 12.0. The summed E-state index contributed by atoms with van der Waals surface area (Å²) in [6, 6.07) is 5.05. The summed E-state index contributed by atoms with van der Waals surface area (Å²) in [5.74, 6) is 0.822. The van der Waals surface area contributed by atoms with Gasteiger partial charge in [-0.2, -0.15) is 5.10 Å². The molecule has 1 fully saturated rings. The minimum Gasteiger partial charge on any atom is -0.495 e. The van der Waals surface area contributed by atoms with Gasteiger partial charge in [0.05, 0.1) is 19.0 Å². The van der Waals surface area contributed by atoms with Crippen molar-refractivity contribution in [2.24, 2.45) is 5.92 Å². The number of hydrogen-bond acceptors (Lipinski definition) is 5. The molecule has 0 aliphatic carbocycles. The maximum Gasteiger partial charge on any atom is 0.265 e. The van der Waals surface area contributed by atoms with Crippen molar-refractivity contribution in [3.8, 4) is 5.75 Å². The molecule has 136 valence electrons. The van der Waals surface area contributed by atoms with Gasteiger partial charge in [-0.1, -0.05) is 6.07 Å². The zero-order valence-electron chi connectivity index (χ0n) is 14.4. The third kappa shape index (κ3) is 4.32. The van der Waals surface area contributed by atoms with E-state index in [2.05, 4.69) is 9.82 Å². The molecule has 3 rings (SSSR count). The molecular formula is C17H23N3O4S. The van der Waals surface area contributed by atoms with Crippen molar-refractivity contribution in [1.82, 2.24) is 9.78 Å². The molecule has 1 aliphatic rings. The van der Waals surface area contributed by atoms with Crippen molar-refractivity contribution in [2.75, 3.05) is 25.0 Å². The van der Waals surface area contributed by atoms with Crippen LogP contribution in [0, 0.1) is 12.8 Å². The van der Waals surface area contributed by atoms with E-state index in [4.69, 9.17) is 9.47 Å². The second kappa shape index (κ2) is 7.45. The normalized spacial score (nSPS) is 15.9. The van der Waals surface area contributed by atoms with Crippen LogP contribution in [0.2, 0.25) is 0 Å². The summed E-state index contributed by atoms with van der Waals surface area (Å²) in [4.78, 5) is 0.118. The number of nitrogens with one attached hydrogen (secondary N) is 1. The number of rotatable bonds is 6. The van der Waals surface area contributed by atoms with Crippen molar-refractivity contribution in [3.63, 3.8) is 0 Å². The Hall–Kier alpha value is -2.06. The number of aryl methyl sites for hydroxylation is 1. The van der Waals surface area contributed by atoms with Crippen LogP contribution >= 0.6 is 0 Å². The number of benzene rings is 1. The van der Waals surface area contributed by atoms with E-state index in [9.17, 15) is 8.42 Å². The Morgan fingerprint density at radius 2 is 2.12 bits per heavy atom. The first kappa shape index (κ1) is 17.8. The number of ether oxygens (including phenoxy) is 2. The highest BCUT2D eigenvalue weighted by Gasteiger charge is 2.21. The molecule has 0 bridgehead atoms. The van der Waals surface area contributed by atoms with Gasteiger partial charge in [0, 0.05) is 26.0 Å². The van der Waals surface area contributed by atoms with Crippen LogP contribution in [-0.4, -0.2) is 38.5 Å². The third-order valence-corrected chi connectivity index (χ3v) is 5.68. The van der Waals surface area contributed by atoms with Crippen LogP contribution in [0.15, 0.2) is 35.5 Å². The minimum atomic E-state index is -3.75. The number of methoxy groups -OCH3 is 1. The Kier molecular flexibility index (Phi) is 5.29. The Balaban J connectivity index is 1.74. The van der Waals surface area contributed by atoms with Crippen molar-refractivity contribution < 1.29 is 17.9 Å². The quantitative estimate of drug-likeness (QED) is 0.850. The zero-order chi connectivity index (χ0) is 17.9. The van der Waals surface area contributed by atoms with Crippen LogP contribution < -0.4 is 9.46 Å². The van der Waals surface area contributed by atoms with Crippen LogP contribution in [0.3, 0.4) is 0 Å². The van der Waals surface area contributed by atoms with Gasteiger partial charge < -0.3 is 9.47 Å². The summed E-state index contributed by atoms with van der Waals surface area (Å²) in [7, 11) is -2.29. The van der Waals surface area contributed by atoms with Crippen LogP contribution in [0.5, 0.6) is 5.75 Å². The average molecular weight is 365 g/mol. The predicted molar refractivity (Wildman–Crippen MR) is 94.3 cm³/mol. The van der Waals surface area contributed by atoms with E-state index in [0.717, 1.165) is 38.2 Å². The van der Waals surface area contributed by atoms with Gasteiger partial charge in [0.25, 0.3) is 10.0 Å². The van der Waals surface area contributed by atoms with Gasteiger partial charge in [-0.15, -0.1) is 0 Å². The van der Waals surface area contributed by atoms with Crippen LogP contribution in [0.1, 0.15) is 18.4 Å². The van der Waals surface area contributed by atoms with E-state index in [0.29, 0.717) is 17.4 Å². The summed E-state index contributed by atoms with van der Waals surface area (Å²) in [5, 5.41) is 4.27. The van der Waals surface area contributed by atoms with E-state index in [1.165, 1.54) is 13.3 Å². The van der Waals surface area contributed by atoms with Gasteiger partial charge in [-0.25, -0.2) is 8.42 Å². The molecule has 2 heterocycles. The minimum absolute atomic E-state index is 0.118. The molecule has 2 aromatic rings. The standard InChI is InChI=1S/C17H23N3O4S/c1-13-3-4-16(23-2)17(9-13)25(21,22)19-15-10-18-20(12-15)11-14-5-7-24-8-6-14/h3-4,9-10,12,14,19H,5-8,11H2,1-2H3. The molecule has 0 radical (unpaired) electrons. The largest absolute Gasteiger partial charge is 0.495 e. The van der Waals surface area contributed by atoms with Crippen molar-refractivity contribution >= 4 is 15.7 Å². The van der Waals surface area contributed by atoms with E-state index in [1.807, 2.05) is 13.0 Å². The molecule has 0 atom stereocenters. The molecule has 25 heavy (non-hydrogen) atoms. The summed E-state index contributed by atoms with van der Waals surface area (Å²) in [6.45, 7) is 4.15. The maximum atomic E-state index is 12.7. The molecule has 0 spiro atoms. The van der Waals surface area contributed by atoms with E-state index in [-0.39, 0.29) is 4.90 Å². The SMILES string of the molecule is COc1ccc(C)cc1S(=O)(=O)Nc1cnn(CC2CCOCC2)c1. The predicted octanol–water partition coefficient (Wildman–Crippen LogP) is 2.43. The van der Waals surface area contributed by atoms with Crippen LogP contribution in [0.25, 0.3) is 0 Å². The zero-order valence-corrected chi connectivity index (χ0v) is 15.3. The van der Waals surface area contributed by atoms with E-state index in [1.54, 1.807) is 23.0 Å². The lowest BCUT2D eigenvalue weighted by molar-refractivity contribution is 0.0601. The first-order valence-corrected chi connectivity index (χ1v) is 9.74. The second-order valence-corrected chi connectivity index (χ2v) is 7.92. The molecule has 8 heteroatoms. The fourth-order valence-electron chi connectivity index (χ4n) is 2.91. The molecule has 1 aliphatic heterocycles. The first-order valence-electron chi connectivity index (χ1n) is 8.25. The van der Waals surface area contributed by atoms with Crippen LogP contribution in [-0.2, 0) is 21.3 Å². The lowest BCUT2D eigenvalue weighted by Gasteiger charge is -2.21. The topological polar surface area (TPSA) is 82.5 Å². The molecule has 1 saturated heterocycles. The number of sulfonamides is 1. The smallest absolute Gasteiger partial charge is 0.265 e. The Morgan fingerprint density at radius 1 is 1.36 bits per heavy atom. The van der Waals surface area contributed by atoms with Crippen LogP contribution in [0.4, 0.5) is 5.69 Å². The fourth-order valence-corrected chi connectivity index (χ4v) is 4.20. The lowest BCUT2D eigenvalue weighted by atomic mass is 10.0. The van der Waals surface area contributed by atoms with Crippen molar-refractivity contribution in [2.45, 2.75) is 31.2 Å². The Labute approximate surface area is 148 Å². The molecule has 0 unspecified atom stereocenters. The highest BCUT2D eigenvalue weighted by Crippen LogP contribution is 2.27. The summed E-state index contributed by atoms with van der Waals surface area (Å²) < 4.78 is 40.3. The summed E-state index contributed by atoms with van der Waals surface area (Å²) in [5.41, 5.74) is 1.28. The van der Waals surface area contributed by atoms with Crippen molar-refractivity contribution in [1.29, 1.82) is 0 Å². The Bertz CT molecular complexity index is 826. The molecule has 1 aromatic carbocycles. The number of nitrogens with zero attached hydrogens (tertiary/aromatic N) is 2. The summed E-state index contributed by atoms with van der Waals surface area (Å²) >= 11 is 0. The fraction of sp³-hybridized carbons (Fsp3) is 0.471. The summed E-state index contributed by atoms with van der Waals surface area (Å²) in [6.07, 6.45) is 5.25. The molecule has 1 aromatic heterocycles. The highest BCUT2D eigenvalue weighted by atomic mass is 32.2. The van der Waals surface area contributed by atoms with Gasteiger partial charge in [0.2, 0.25) is 0 Å². The van der Waals surface area contributed by atoms with Crippen molar-refractivity contribution in [3.05, 3.63) is 36.2 Å². The molecule has 0 saturated carbocycles. The van der Waals surface area contributed by atoms with Gasteiger partial charge in [0.1, 0.15) is 10.6 Å². The molecular weight excluding hydrogens is 342 g/mol. The van der Waals surface area contributed by atoms with E-state index < -0.39 is 10.0 Å².